The van der Waals surface area contributed by atoms with E-state index >= 15 is 0 Å². The molecule has 0 saturated heterocycles. The van der Waals surface area contributed by atoms with Crippen molar-refractivity contribution in [2.75, 3.05) is 6.54 Å². The molecule has 0 unspecified atom stereocenters. The summed E-state index contributed by atoms with van der Waals surface area (Å²) in [4.78, 5) is 40.7. The third kappa shape index (κ3) is 7.48. The van der Waals surface area contributed by atoms with Crippen molar-refractivity contribution >= 4 is 17.8 Å². The van der Waals surface area contributed by atoms with Crippen LogP contribution < -0.4 is 5.32 Å². The molecule has 0 aromatic rings. The Morgan fingerprint density at radius 2 is 1.67 bits per heavy atom. The molecule has 0 fully saturated rings. The summed E-state index contributed by atoms with van der Waals surface area (Å²) in [6.07, 6.45) is 1.08. The van der Waals surface area contributed by atoms with Crippen LogP contribution in [0.15, 0.2) is 0 Å². The second kappa shape index (κ2) is 7.78. The van der Waals surface area contributed by atoms with Crippen LogP contribution >= 0.6 is 0 Å². The molecule has 6 heteroatoms. The standard InChI is InChI=1S/C9H15NO5/c1-3-5-8(12)14-15-9(13)6-10-7(11)4-2/h3-6H2,1-2H3,(H,10,11). The molecule has 86 valence electrons. The Morgan fingerprint density at radius 3 is 2.20 bits per heavy atom. The highest BCUT2D eigenvalue weighted by molar-refractivity contribution is 5.81. The van der Waals surface area contributed by atoms with Gasteiger partial charge < -0.3 is 5.32 Å². The molecule has 0 bridgehead atoms. The van der Waals surface area contributed by atoms with E-state index in [-0.39, 0.29) is 25.3 Å². The van der Waals surface area contributed by atoms with Crippen molar-refractivity contribution in [2.24, 2.45) is 0 Å². The molecule has 1 amide bonds. The highest BCUT2D eigenvalue weighted by Gasteiger charge is 2.09. The third-order valence-corrected chi connectivity index (χ3v) is 1.43. The zero-order valence-electron chi connectivity index (χ0n) is 8.87. The quantitative estimate of drug-likeness (QED) is 0.529. The van der Waals surface area contributed by atoms with Crippen molar-refractivity contribution < 1.29 is 24.2 Å². The van der Waals surface area contributed by atoms with Crippen LogP contribution in [0, 0.1) is 0 Å². The number of nitrogens with one attached hydrogen (secondary N) is 1. The Bertz CT molecular complexity index is 239. The van der Waals surface area contributed by atoms with Gasteiger partial charge in [0.2, 0.25) is 5.91 Å². The first kappa shape index (κ1) is 13.4. The monoisotopic (exact) mass is 217 g/mol. The fraction of sp³-hybridized carbons (Fsp3) is 0.667. The summed E-state index contributed by atoms with van der Waals surface area (Å²) in [5, 5.41) is 2.28. The molecule has 0 atom stereocenters. The Hall–Kier alpha value is -1.59. The van der Waals surface area contributed by atoms with Gasteiger partial charge in [-0.1, -0.05) is 13.8 Å². The van der Waals surface area contributed by atoms with Crippen molar-refractivity contribution in [3.8, 4) is 0 Å². The van der Waals surface area contributed by atoms with E-state index in [1.165, 1.54) is 0 Å². The normalized spacial score (nSPS) is 9.20. The molecule has 0 aliphatic heterocycles. The minimum Gasteiger partial charge on any atom is -0.345 e. The van der Waals surface area contributed by atoms with Gasteiger partial charge in [0, 0.05) is 12.8 Å². The zero-order valence-corrected chi connectivity index (χ0v) is 8.87. The van der Waals surface area contributed by atoms with Crippen molar-refractivity contribution in [3.05, 3.63) is 0 Å². The van der Waals surface area contributed by atoms with Gasteiger partial charge in [0.05, 0.1) is 0 Å². The highest BCUT2D eigenvalue weighted by Crippen LogP contribution is 1.92. The SMILES string of the molecule is CCCC(=O)OOC(=O)CNC(=O)CC. The van der Waals surface area contributed by atoms with E-state index in [1.54, 1.807) is 13.8 Å². The molecule has 0 aromatic carbocycles. The lowest BCUT2D eigenvalue weighted by Crippen LogP contribution is -2.30. The summed E-state index contributed by atoms with van der Waals surface area (Å²) in [5.41, 5.74) is 0. The molecule has 15 heavy (non-hydrogen) atoms. The average molecular weight is 217 g/mol. The number of rotatable bonds is 5. The molecular weight excluding hydrogens is 202 g/mol. The first-order chi connectivity index (χ1) is 7.10. The lowest BCUT2D eigenvalue weighted by atomic mass is 10.3. The summed E-state index contributed by atoms with van der Waals surface area (Å²) in [5.74, 6) is -1.68. The zero-order chi connectivity index (χ0) is 11.7. The summed E-state index contributed by atoms with van der Waals surface area (Å²) in [7, 11) is 0. The van der Waals surface area contributed by atoms with Crippen LogP contribution in [0.2, 0.25) is 0 Å². The van der Waals surface area contributed by atoms with Gasteiger partial charge in [0.15, 0.2) is 0 Å². The van der Waals surface area contributed by atoms with E-state index in [0.717, 1.165) is 0 Å². The molecule has 0 aromatic heterocycles. The molecule has 6 nitrogen and oxygen atoms in total. The number of carbonyl (C=O) groups is 3. The Morgan fingerprint density at radius 1 is 1.07 bits per heavy atom. The highest BCUT2D eigenvalue weighted by atomic mass is 17.2. The van der Waals surface area contributed by atoms with E-state index in [0.29, 0.717) is 6.42 Å². The maximum atomic E-state index is 10.9. The van der Waals surface area contributed by atoms with E-state index < -0.39 is 11.9 Å². The molecule has 1 N–H and O–H groups in total. The molecule has 0 spiro atoms. The minimum absolute atomic E-state index is 0.189. The van der Waals surface area contributed by atoms with Gasteiger partial charge in [-0.25, -0.2) is 19.4 Å². The Balaban J connectivity index is 3.57. The van der Waals surface area contributed by atoms with Crippen molar-refractivity contribution in [1.29, 1.82) is 0 Å². The van der Waals surface area contributed by atoms with Gasteiger partial charge in [-0.05, 0) is 6.42 Å². The number of amides is 1. The Labute approximate surface area is 87.8 Å². The van der Waals surface area contributed by atoms with Gasteiger partial charge in [0.1, 0.15) is 6.54 Å². The molecular formula is C9H15NO5. The third-order valence-electron chi connectivity index (χ3n) is 1.43. The summed E-state index contributed by atoms with van der Waals surface area (Å²) < 4.78 is 0. The predicted molar refractivity (Wildman–Crippen MR) is 50.4 cm³/mol. The van der Waals surface area contributed by atoms with Crippen molar-refractivity contribution in [1.82, 2.24) is 5.32 Å². The topological polar surface area (TPSA) is 81.7 Å². The minimum atomic E-state index is -0.804. The van der Waals surface area contributed by atoms with Crippen LogP contribution in [-0.4, -0.2) is 24.4 Å². The van der Waals surface area contributed by atoms with E-state index in [9.17, 15) is 14.4 Å². The van der Waals surface area contributed by atoms with Crippen molar-refractivity contribution in [3.63, 3.8) is 0 Å². The summed E-state index contributed by atoms with van der Waals surface area (Å²) in [6.45, 7) is 3.15. The van der Waals surface area contributed by atoms with E-state index in [1.807, 2.05) is 0 Å². The van der Waals surface area contributed by atoms with Crippen LogP contribution in [0.25, 0.3) is 0 Å². The Kier molecular flexibility index (Phi) is 6.96. The largest absolute Gasteiger partial charge is 0.374 e. The second-order valence-corrected chi connectivity index (χ2v) is 2.79. The lowest BCUT2D eigenvalue weighted by Gasteiger charge is -2.03. The van der Waals surface area contributed by atoms with Gasteiger partial charge in [-0.2, -0.15) is 0 Å². The molecule has 0 radical (unpaired) electrons. The number of carbonyl (C=O) groups excluding carboxylic acids is 3. The maximum absolute atomic E-state index is 10.9. The fourth-order valence-electron chi connectivity index (χ4n) is 0.664. The smallest absolute Gasteiger partial charge is 0.345 e. The molecule has 0 aliphatic carbocycles. The van der Waals surface area contributed by atoms with Crippen LogP contribution in [0.3, 0.4) is 0 Å². The fourth-order valence-corrected chi connectivity index (χ4v) is 0.664. The van der Waals surface area contributed by atoms with E-state index in [2.05, 4.69) is 15.1 Å². The lowest BCUT2D eigenvalue weighted by molar-refractivity contribution is -0.258. The molecule has 0 rings (SSSR count). The first-order valence-electron chi connectivity index (χ1n) is 4.77. The molecule has 0 heterocycles. The van der Waals surface area contributed by atoms with Crippen LogP contribution in [-0.2, 0) is 24.2 Å². The molecule has 0 aliphatic rings. The van der Waals surface area contributed by atoms with E-state index in [4.69, 9.17) is 0 Å². The van der Waals surface area contributed by atoms with Crippen LogP contribution in [0.1, 0.15) is 33.1 Å². The average Bonchev–Trinajstić information content (AvgIpc) is 2.23. The van der Waals surface area contributed by atoms with Gasteiger partial charge >= 0.3 is 11.9 Å². The predicted octanol–water partition coefficient (Wildman–Crippen LogP) is 0.314. The maximum Gasteiger partial charge on any atom is 0.374 e. The second-order valence-electron chi connectivity index (χ2n) is 2.79. The molecule has 0 saturated carbocycles. The van der Waals surface area contributed by atoms with Gasteiger partial charge in [0.25, 0.3) is 0 Å². The van der Waals surface area contributed by atoms with Gasteiger partial charge in [-0.15, -0.1) is 0 Å². The van der Waals surface area contributed by atoms with Gasteiger partial charge in [-0.3, -0.25) is 4.79 Å². The van der Waals surface area contributed by atoms with Crippen LogP contribution in [0.5, 0.6) is 0 Å². The summed E-state index contributed by atoms with van der Waals surface area (Å²) in [6, 6.07) is 0. The number of hydrogen-bond acceptors (Lipinski definition) is 5. The first-order valence-corrected chi connectivity index (χ1v) is 4.77. The van der Waals surface area contributed by atoms with Crippen molar-refractivity contribution in [2.45, 2.75) is 33.1 Å². The number of hydrogen-bond donors (Lipinski definition) is 1. The summed E-state index contributed by atoms with van der Waals surface area (Å²) >= 11 is 0. The van der Waals surface area contributed by atoms with Crippen LogP contribution in [0.4, 0.5) is 0 Å².